The first-order valence-electron chi connectivity index (χ1n) is 7.98. The van der Waals surface area contributed by atoms with Gasteiger partial charge in [-0.1, -0.05) is 34.0 Å². The summed E-state index contributed by atoms with van der Waals surface area (Å²) in [6, 6.07) is 11.7. The monoisotopic (exact) mass is 425 g/mol. The van der Waals surface area contributed by atoms with E-state index < -0.39 is 5.97 Å². The van der Waals surface area contributed by atoms with E-state index in [1.165, 1.54) is 12.1 Å². The molecule has 2 aromatic carbocycles. The molecule has 0 aliphatic rings. The normalized spacial score (nSPS) is 10.6. The molecular weight excluding hydrogens is 410 g/mol. The molecule has 2 rings (SSSR count). The molecule has 0 bridgehead atoms. The highest BCUT2D eigenvalue weighted by atomic mass is 79.9. The average Bonchev–Trinajstić information content (AvgIpc) is 2.67. The maximum absolute atomic E-state index is 11.0. The lowest BCUT2D eigenvalue weighted by atomic mass is 10.0. The fourth-order valence-electron chi connectivity index (χ4n) is 2.29. The van der Waals surface area contributed by atoms with E-state index in [-0.39, 0.29) is 12.2 Å². The average molecular weight is 426 g/mol. The number of carboxylic acid groups (broad SMARTS) is 1. The predicted octanol–water partition coefficient (Wildman–Crippen LogP) is 4.62. The van der Waals surface area contributed by atoms with Gasteiger partial charge in [0.05, 0.1) is 23.8 Å². The van der Waals surface area contributed by atoms with Crippen LogP contribution in [0, 0.1) is 23.7 Å². The topological polar surface area (TPSA) is 79.5 Å². The molecule has 0 aliphatic carbocycles. The van der Waals surface area contributed by atoms with Crippen molar-refractivity contribution in [1.29, 1.82) is 5.26 Å². The number of nitriles is 1. The van der Waals surface area contributed by atoms with Gasteiger partial charge in [0, 0.05) is 4.47 Å². The lowest BCUT2D eigenvalue weighted by molar-refractivity contribution is 0.0697. The van der Waals surface area contributed by atoms with Crippen molar-refractivity contribution in [2.75, 3.05) is 13.2 Å². The number of benzene rings is 2. The number of hydrogen-bond donors (Lipinski definition) is 1. The third-order valence-corrected chi connectivity index (χ3v) is 4.22. The number of allylic oxidation sites excluding steroid dienone is 1. The summed E-state index contributed by atoms with van der Waals surface area (Å²) in [5.41, 5.74) is 1.86. The fraction of sp³-hybridized carbons (Fsp3) is 0.143. The van der Waals surface area contributed by atoms with Gasteiger partial charge in [0.2, 0.25) is 0 Å². The number of rotatable bonds is 7. The number of terminal acetylenes is 1. The van der Waals surface area contributed by atoms with Gasteiger partial charge in [-0.25, -0.2) is 4.79 Å². The van der Waals surface area contributed by atoms with Crippen LogP contribution < -0.4 is 9.47 Å². The standard InChI is InChI=1S/C21H16BrNO4/c1-3-9-27-20-12-18(22)16(11-19(20)26-4-2)10-17(13-23)14-5-7-15(8-6-14)21(24)25/h1,5-8,10-12H,4,9H2,2H3,(H,24,25). The molecule has 1 N–H and O–H groups in total. The van der Waals surface area contributed by atoms with Crippen LogP contribution in [-0.4, -0.2) is 24.3 Å². The van der Waals surface area contributed by atoms with Crippen LogP contribution in [0.25, 0.3) is 11.6 Å². The Morgan fingerprint density at radius 1 is 1.22 bits per heavy atom. The van der Waals surface area contributed by atoms with E-state index in [1.807, 2.05) is 6.92 Å². The Morgan fingerprint density at radius 3 is 2.41 bits per heavy atom. The van der Waals surface area contributed by atoms with Gasteiger partial charge in [0.25, 0.3) is 0 Å². The van der Waals surface area contributed by atoms with Crippen molar-refractivity contribution in [3.8, 4) is 29.9 Å². The van der Waals surface area contributed by atoms with Crippen molar-refractivity contribution in [3.63, 3.8) is 0 Å². The molecule has 0 saturated heterocycles. The van der Waals surface area contributed by atoms with Gasteiger partial charge >= 0.3 is 5.97 Å². The van der Waals surface area contributed by atoms with E-state index in [2.05, 4.69) is 27.9 Å². The summed E-state index contributed by atoms with van der Waals surface area (Å²) in [5.74, 6) is 2.40. The van der Waals surface area contributed by atoms with Crippen molar-refractivity contribution >= 4 is 33.5 Å². The lowest BCUT2D eigenvalue weighted by Gasteiger charge is -2.13. The molecule has 0 heterocycles. The van der Waals surface area contributed by atoms with Gasteiger partial charge in [-0.15, -0.1) is 6.42 Å². The van der Waals surface area contributed by atoms with E-state index in [4.69, 9.17) is 21.0 Å². The van der Waals surface area contributed by atoms with Crippen molar-refractivity contribution in [2.24, 2.45) is 0 Å². The number of hydrogen-bond acceptors (Lipinski definition) is 4. The van der Waals surface area contributed by atoms with E-state index in [0.29, 0.717) is 39.3 Å². The number of nitrogens with zero attached hydrogens (tertiary/aromatic N) is 1. The molecule has 0 aliphatic heterocycles. The summed E-state index contributed by atoms with van der Waals surface area (Å²) in [6.07, 6.45) is 6.92. The van der Waals surface area contributed by atoms with E-state index >= 15 is 0 Å². The summed E-state index contributed by atoms with van der Waals surface area (Å²) in [7, 11) is 0. The molecule has 0 saturated carbocycles. The molecule has 0 aromatic heterocycles. The number of ether oxygens (including phenoxy) is 2. The zero-order valence-electron chi connectivity index (χ0n) is 14.5. The van der Waals surface area contributed by atoms with Gasteiger partial charge in [-0.3, -0.25) is 0 Å². The number of aromatic carboxylic acids is 1. The molecular formula is C21H16BrNO4. The SMILES string of the molecule is C#CCOc1cc(Br)c(C=C(C#N)c2ccc(C(=O)O)cc2)cc1OCC. The molecule has 0 radical (unpaired) electrons. The molecule has 2 aromatic rings. The Kier molecular flexibility index (Phi) is 7.05. The smallest absolute Gasteiger partial charge is 0.335 e. The van der Waals surface area contributed by atoms with Gasteiger partial charge in [0.1, 0.15) is 6.61 Å². The van der Waals surface area contributed by atoms with E-state index in [9.17, 15) is 10.1 Å². The Hall–Kier alpha value is -3.22. The van der Waals surface area contributed by atoms with Gasteiger partial charge in [-0.2, -0.15) is 5.26 Å². The maximum atomic E-state index is 11.0. The van der Waals surface area contributed by atoms with Crippen LogP contribution in [0.5, 0.6) is 11.5 Å². The highest BCUT2D eigenvalue weighted by molar-refractivity contribution is 9.10. The molecule has 0 amide bonds. The molecule has 5 nitrogen and oxygen atoms in total. The first-order chi connectivity index (χ1) is 13.0. The van der Waals surface area contributed by atoms with Crippen LogP contribution in [0.4, 0.5) is 0 Å². The molecule has 136 valence electrons. The quantitative estimate of drug-likeness (QED) is 0.397. The minimum atomic E-state index is -1.02. The van der Waals surface area contributed by atoms with Crippen LogP contribution in [-0.2, 0) is 0 Å². The summed E-state index contributed by atoms with van der Waals surface area (Å²) in [4.78, 5) is 11.0. The Morgan fingerprint density at radius 2 is 1.85 bits per heavy atom. The maximum Gasteiger partial charge on any atom is 0.335 e. The van der Waals surface area contributed by atoms with Crippen LogP contribution in [0.3, 0.4) is 0 Å². The minimum Gasteiger partial charge on any atom is -0.490 e. The van der Waals surface area contributed by atoms with Crippen molar-refractivity contribution in [1.82, 2.24) is 0 Å². The van der Waals surface area contributed by atoms with Gasteiger partial charge in [-0.05, 0) is 48.4 Å². The second kappa shape index (κ2) is 9.47. The second-order valence-corrected chi connectivity index (χ2v) is 6.15. The molecule has 0 spiro atoms. The number of carbonyl (C=O) groups is 1. The largest absolute Gasteiger partial charge is 0.490 e. The van der Waals surface area contributed by atoms with E-state index in [1.54, 1.807) is 30.3 Å². The third-order valence-electron chi connectivity index (χ3n) is 3.54. The summed E-state index contributed by atoms with van der Waals surface area (Å²) in [6.45, 7) is 2.41. The Bertz CT molecular complexity index is 950. The molecule has 0 atom stereocenters. The molecule has 6 heteroatoms. The first-order valence-corrected chi connectivity index (χ1v) is 8.77. The summed E-state index contributed by atoms with van der Waals surface area (Å²) < 4.78 is 11.8. The predicted molar refractivity (Wildman–Crippen MR) is 107 cm³/mol. The van der Waals surface area contributed by atoms with Crippen LogP contribution >= 0.6 is 15.9 Å². The van der Waals surface area contributed by atoms with Crippen LogP contribution in [0.15, 0.2) is 40.9 Å². The first kappa shape index (κ1) is 20.1. The number of carboxylic acids is 1. The van der Waals surface area contributed by atoms with Gasteiger partial charge < -0.3 is 14.6 Å². The molecule has 27 heavy (non-hydrogen) atoms. The molecule has 0 fully saturated rings. The summed E-state index contributed by atoms with van der Waals surface area (Å²) >= 11 is 3.47. The Balaban J connectivity index is 2.45. The Labute approximate surface area is 166 Å². The van der Waals surface area contributed by atoms with Crippen molar-refractivity contribution in [3.05, 3.63) is 57.6 Å². The highest BCUT2D eigenvalue weighted by Crippen LogP contribution is 2.35. The lowest BCUT2D eigenvalue weighted by Crippen LogP contribution is -2.00. The highest BCUT2D eigenvalue weighted by Gasteiger charge is 2.12. The number of halogens is 1. The van der Waals surface area contributed by atoms with E-state index in [0.717, 1.165) is 0 Å². The van der Waals surface area contributed by atoms with Crippen molar-refractivity contribution in [2.45, 2.75) is 6.92 Å². The molecule has 0 unspecified atom stereocenters. The minimum absolute atomic E-state index is 0.112. The van der Waals surface area contributed by atoms with Crippen LogP contribution in [0.1, 0.15) is 28.4 Å². The third kappa shape index (κ3) is 5.13. The summed E-state index contributed by atoms with van der Waals surface area (Å²) in [5, 5.41) is 18.5. The van der Waals surface area contributed by atoms with Crippen LogP contribution in [0.2, 0.25) is 0 Å². The zero-order chi connectivity index (χ0) is 19.8. The zero-order valence-corrected chi connectivity index (χ0v) is 16.1. The van der Waals surface area contributed by atoms with Gasteiger partial charge in [0.15, 0.2) is 11.5 Å². The second-order valence-electron chi connectivity index (χ2n) is 5.30. The van der Waals surface area contributed by atoms with Crippen molar-refractivity contribution < 1.29 is 19.4 Å². The fourth-order valence-corrected chi connectivity index (χ4v) is 2.73.